The third kappa shape index (κ3) is 2.90. The maximum absolute atomic E-state index is 5.45. The maximum atomic E-state index is 5.45. The summed E-state index contributed by atoms with van der Waals surface area (Å²) in [6.45, 7) is 2.10. The number of benzene rings is 2. The molecule has 2 aromatic carbocycles. The average molecular weight is 309 g/mol. The summed E-state index contributed by atoms with van der Waals surface area (Å²) in [6, 6.07) is 14.2. The second-order valence-electron chi connectivity index (χ2n) is 5.20. The molecular weight excluding hydrogens is 290 g/mol. The van der Waals surface area contributed by atoms with Gasteiger partial charge in [-0.3, -0.25) is 0 Å². The summed E-state index contributed by atoms with van der Waals surface area (Å²) >= 11 is 0. The van der Waals surface area contributed by atoms with E-state index in [4.69, 9.17) is 9.47 Å². The molecule has 1 N–H and O–H groups in total. The lowest BCUT2D eigenvalue weighted by Crippen LogP contribution is -2.08. The second-order valence-corrected chi connectivity index (χ2v) is 5.20. The molecule has 1 atom stereocenters. The molecule has 0 saturated carbocycles. The molecular formula is C18H19N3O2. The summed E-state index contributed by atoms with van der Waals surface area (Å²) in [5.74, 6) is 2.04. The minimum Gasteiger partial charge on any atom is -0.493 e. The standard InChI is InChI=1S/C18H19N3O2/c1-12(13-7-5-4-6-8-13)21-18-14-9-10-15(22-2)17(23-3)16(14)19-11-20-18/h4-12H,1-3H3,(H,19,20,21). The maximum Gasteiger partial charge on any atom is 0.187 e. The van der Waals surface area contributed by atoms with Crippen LogP contribution >= 0.6 is 0 Å². The highest BCUT2D eigenvalue weighted by molar-refractivity contribution is 5.94. The quantitative estimate of drug-likeness (QED) is 0.776. The van der Waals surface area contributed by atoms with E-state index in [-0.39, 0.29) is 6.04 Å². The summed E-state index contributed by atoms with van der Waals surface area (Å²) in [5, 5.41) is 4.34. The average Bonchev–Trinajstić information content (AvgIpc) is 2.61. The van der Waals surface area contributed by atoms with Gasteiger partial charge in [0.05, 0.1) is 14.2 Å². The van der Waals surface area contributed by atoms with Gasteiger partial charge < -0.3 is 14.8 Å². The Bertz CT molecular complexity index is 806. The third-order valence-electron chi connectivity index (χ3n) is 3.80. The van der Waals surface area contributed by atoms with Gasteiger partial charge in [0.25, 0.3) is 0 Å². The van der Waals surface area contributed by atoms with E-state index < -0.39 is 0 Å². The summed E-state index contributed by atoms with van der Waals surface area (Å²) in [6.07, 6.45) is 1.53. The van der Waals surface area contributed by atoms with Crippen molar-refractivity contribution in [2.24, 2.45) is 0 Å². The zero-order valence-corrected chi connectivity index (χ0v) is 13.4. The van der Waals surface area contributed by atoms with Crippen molar-refractivity contribution >= 4 is 16.7 Å². The Labute approximate surface area is 135 Å². The highest BCUT2D eigenvalue weighted by Gasteiger charge is 2.15. The SMILES string of the molecule is COc1ccc2c(NC(C)c3ccccc3)ncnc2c1OC. The molecule has 0 amide bonds. The zero-order valence-electron chi connectivity index (χ0n) is 13.4. The Balaban J connectivity index is 2.02. The largest absolute Gasteiger partial charge is 0.493 e. The molecule has 3 aromatic rings. The van der Waals surface area contributed by atoms with E-state index in [1.807, 2.05) is 30.3 Å². The number of nitrogens with one attached hydrogen (secondary N) is 1. The Morgan fingerprint density at radius 2 is 1.74 bits per heavy atom. The van der Waals surface area contributed by atoms with Gasteiger partial charge >= 0.3 is 0 Å². The van der Waals surface area contributed by atoms with E-state index in [1.165, 1.54) is 11.9 Å². The first kappa shape index (κ1) is 15.1. The molecule has 0 bridgehead atoms. The van der Waals surface area contributed by atoms with Crippen molar-refractivity contribution in [2.45, 2.75) is 13.0 Å². The number of nitrogens with zero attached hydrogens (tertiary/aromatic N) is 2. The first-order valence-corrected chi connectivity index (χ1v) is 7.41. The van der Waals surface area contributed by atoms with Crippen LogP contribution in [0.15, 0.2) is 48.8 Å². The van der Waals surface area contributed by atoms with Crippen LogP contribution in [0.3, 0.4) is 0 Å². The molecule has 0 fully saturated rings. The van der Waals surface area contributed by atoms with Crippen LogP contribution < -0.4 is 14.8 Å². The molecule has 0 spiro atoms. The van der Waals surface area contributed by atoms with Gasteiger partial charge in [-0.2, -0.15) is 0 Å². The Morgan fingerprint density at radius 3 is 2.43 bits per heavy atom. The molecule has 5 heteroatoms. The molecule has 23 heavy (non-hydrogen) atoms. The van der Waals surface area contributed by atoms with Crippen molar-refractivity contribution in [1.29, 1.82) is 0 Å². The van der Waals surface area contributed by atoms with Crippen LogP contribution in [0.4, 0.5) is 5.82 Å². The van der Waals surface area contributed by atoms with Crippen molar-refractivity contribution in [2.75, 3.05) is 19.5 Å². The fourth-order valence-corrected chi connectivity index (χ4v) is 2.59. The van der Waals surface area contributed by atoms with Crippen molar-refractivity contribution in [3.63, 3.8) is 0 Å². The molecule has 0 aliphatic heterocycles. The van der Waals surface area contributed by atoms with Crippen LogP contribution in [0, 0.1) is 0 Å². The Kier molecular flexibility index (Phi) is 4.28. The van der Waals surface area contributed by atoms with Gasteiger partial charge in [0.15, 0.2) is 11.5 Å². The molecule has 0 saturated heterocycles. The number of fused-ring (bicyclic) bond motifs is 1. The van der Waals surface area contributed by atoms with Gasteiger partial charge in [0.2, 0.25) is 0 Å². The third-order valence-corrected chi connectivity index (χ3v) is 3.80. The fourth-order valence-electron chi connectivity index (χ4n) is 2.59. The lowest BCUT2D eigenvalue weighted by atomic mass is 10.1. The lowest BCUT2D eigenvalue weighted by Gasteiger charge is -2.17. The summed E-state index contributed by atoms with van der Waals surface area (Å²) in [5.41, 5.74) is 1.92. The van der Waals surface area contributed by atoms with E-state index in [9.17, 15) is 0 Å². The van der Waals surface area contributed by atoms with E-state index in [1.54, 1.807) is 14.2 Å². The minimum atomic E-state index is 0.127. The molecule has 118 valence electrons. The van der Waals surface area contributed by atoms with E-state index >= 15 is 0 Å². The highest BCUT2D eigenvalue weighted by atomic mass is 16.5. The fraction of sp³-hybridized carbons (Fsp3) is 0.222. The Morgan fingerprint density at radius 1 is 0.957 bits per heavy atom. The van der Waals surface area contributed by atoms with Crippen molar-refractivity contribution < 1.29 is 9.47 Å². The number of methoxy groups -OCH3 is 2. The molecule has 0 radical (unpaired) electrons. The van der Waals surface area contributed by atoms with Crippen LogP contribution in [0.1, 0.15) is 18.5 Å². The molecule has 0 aliphatic rings. The van der Waals surface area contributed by atoms with Gasteiger partial charge in [-0.05, 0) is 24.6 Å². The predicted molar refractivity (Wildman–Crippen MR) is 91.1 cm³/mol. The van der Waals surface area contributed by atoms with Crippen LogP contribution in [0.2, 0.25) is 0 Å². The van der Waals surface area contributed by atoms with Crippen LogP contribution in [0.25, 0.3) is 10.9 Å². The normalized spacial score (nSPS) is 12.0. The number of anilines is 1. The van der Waals surface area contributed by atoms with Crippen LogP contribution in [0.5, 0.6) is 11.5 Å². The first-order valence-electron chi connectivity index (χ1n) is 7.41. The lowest BCUT2D eigenvalue weighted by molar-refractivity contribution is 0.358. The van der Waals surface area contributed by atoms with Gasteiger partial charge in [-0.15, -0.1) is 0 Å². The molecule has 3 rings (SSSR count). The van der Waals surface area contributed by atoms with Gasteiger partial charge in [0, 0.05) is 11.4 Å². The number of rotatable bonds is 5. The monoisotopic (exact) mass is 309 g/mol. The Hall–Kier alpha value is -2.82. The van der Waals surface area contributed by atoms with Crippen LogP contribution in [-0.4, -0.2) is 24.2 Å². The smallest absolute Gasteiger partial charge is 0.187 e. The zero-order chi connectivity index (χ0) is 16.2. The van der Waals surface area contributed by atoms with E-state index in [2.05, 4.69) is 34.3 Å². The number of hydrogen-bond acceptors (Lipinski definition) is 5. The number of hydrogen-bond donors (Lipinski definition) is 1. The van der Waals surface area contributed by atoms with Crippen LogP contribution in [-0.2, 0) is 0 Å². The summed E-state index contributed by atoms with van der Waals surface area (Å²) < 4.78 is 10.8. The first-order chi connectivity index (χ1) is 11.2. The van der Waals surface area contributed by atoms with Gasteiger partial charge in [-0.1, -0.05) is 30.3 Å². The van der Waals surface area contributed by atoms with E-state index in [0.717, 1.165) is 16.7 Å². The summed E-state index contributed by atoms with van der Waals surface area (Å²) in [4.78, 5) is 8.73. The van der Waals surface area contributed by atoms with Gasteiger partial charge in [-0.25, -0.2) is 9.97 Å². The topological polar surface area (TPSA) is 56.3 Å². The molecule has 1 unspecified atom stereocenters. The van der Waals surface area contributed by atoms with Crippen molar-refractivity contribution in [3.8, 4) is 11.5 Å². The molecule has 0 aliphatic carbocycles. The number of aromatic nitrogens is 2. The molecule has 1 heterocycles. The second kappa shape index (κ2) is 6.52. The summed E-state index contributed by atoms with van der Waals surface area (Å²) in [7, 11) is 3.22. The van der Waals surface area contributed by atoms with Crippen molar-refractivity contribution in [3.05, 3.63) is 54.4 Å². The highest BCUT2D eigenvalue weighted by Crippen LogP contribution is 2.36. The van der Waals surface area contributed by atoms with Crippen molar-refractivity contribution in [1.82, 2.24) is 9.97 Å². The molecule has 1 aromatic heterocycles. The minimum absolute atomic E-state index is 0.127. The molecule has 5 nitrogen and oxygen atoms in total. The predicted octanol–water partition coefficient (Wildman–Crippen LogP) is 3.82. The van der Waals surface area contributed by atoms with E-state index in [0.29, 0.717) is 11.5 Å². The number of ether oxygens (including phenoxy) is 2. The van der Waals surface area contributed by atoms with Gasteiger partial charge in [0.1, 0.15) is 17.7 Å².